The predicted molar refractivity (Wildman–Crippen MR) is 133 cm³/mol. The van der Waals surface area contributed by atoms with Crippen LogP contribution >= 0.6 is 0 Å². The second-order valence-corrected chi connectivity index (χ2v) is 10.7. The van der Waals surface area contributed by atoms with Crippen molar-refractivity contribution in [1.29, 1.82) is 0 Å². The average Bonchev–Trinajstić information content (AvgIpc) is 3.11. The van der Waals surface area contributed by atoms with Gasteiger partial charge in [-0.25, -0.2) is 8.42 Å². The third-order valence-electron chi connectivity index (χ3n) is 5.93. The van der Waals surface area contributed by atoms with E-state index in [-0.39, 0.29) is 29.7 Å². The zero-order chi connectivity index (χ0) is 24.6. The first kappa shape index (κ1) is 25.7. The van der Waals surface area contributed by atoms with Gasteiger partial charge in [0.1, 0.15) is 0 Å². The first-order chi connectivity index (χ1) is 16.3. The molecule has 8 nitrogen and oxygen atoms in total. The van der Waals surface area contributed by atoms with E-state index in [0.29, 0.717) is 19.5 Å². The second kappa shape index (κ2) is 12.0. The van der Waals surface area contributed by atoms with Crippen LogP contribution in [0.4, 0.5) is 5.69 Å². The molecule has 34 heavy (non-hydrogen) atoms. The Hall–Kier alpha value is -2.91. The lowest BCUT2D eigenvalue weighted by Gasteiger charge is -2.20. The maximum Gasteiger partial charge on any atom is 0.257 e. The van der Waals surface area contributed by atoms with Crippen LogP contribution in [0.2, 0.25) is 0 Å². The molecule has 1 fully saturated rings. The van der Waals surface area contributed by atoms with Gasteiger partial charge in [-0.05, 0) is 62.4 Å². The van der Waals surface area contributed by atoms with E-state index in [0.717, 1.165) is 48.1 Å². The molecule has 0 atom stereocenters. The molecule has 0 unspecified atom stereocenters. The lowest BCUT2D eigenvalue weighted by atomic mass is 10.1. The fourth-order valence-corrected chi connectivity index (χ4v) is 5.47. The number of hydrogen-bond acceptors (Lipinski definition) is 5. The second-order valence-electron chi connectivity index (χ2n) is 8.73. The van der Waals surface area contributed by atoms with E-state index >= 15 is 0 Å². The molecule has 0 bridgehead atoms. The first-order valence-corrected chi connectivity index (χ1v) is 13.2. The van der Waals surface area contributed by atoms with Crippen molar-refractivity contribution in [1.82, 2.24) is 15.2 Å². The van der Waals surface area contributed by atoms with E-state index in [1.54, 1.807) is 28.6 Å². The zero-order valence-electron chi connectivity index (χ0n) is 19.9. The average molecular weight is 487 g/mol. The summed E-state index contributed by atoms with van der Waals surface area (Å²) in [5, 5.41) is 3.05. The van der Waals surface area contributed by atoms with Gasteiger partial charge in [0.15, 0.2) is 0 Å². The Morgan fingerprint density at radius 2 is 1.53 bits per heavy atom. The van der Waals surface area contributed by atoms with Crippen molar-refractivity contribution in [3.63, 3.8) is 0 Å². The van der Waals surface area contributed by atoms with Crippen LogP contribution in [-0.2, 0) is 26.0 Å². The molecule has 0 spiro atoms. The molecule has 9 heteroatoms. The highest BCUT2D eigenvalue weighted by Gasteiger charge is 2.24. The number of hydrogen-bond donors (Lipinski definition) is 3. The minimum Gasteiger partial charge on any atom is -0.376 e. The lowest BCUT2D eigenvalue weighted by molar-refractivity contribution is -0.128. The van der Waals surface area contributed by atoms with Gasteiger partial charge in [0.05, 0.1) is 11.4 Å². The number of carbonyl (C=O) groups is 2. The van der Waals surface area contributed by atoms with Gasteiger partial charge in [0, 0.05) is 25.2 Å². The van der Waals surface area contributed by atoms with Gasteiger partial charge in [-0.15, -0.1) is 0 Å². The third-order valence-corrected chi connectivity index (χ3v) is 7.84. The molecule has 0 saturated carbocycles. The summed E-state index contributed by atoms with van der Waals surface area (Å²) in [6.45, 7) is 5.14. The molecule has 184 valence electrons. The van der Waals surface area contributed by atoms with Crippen LogP contribution in [-0.4, -0.2) is 44.2 Å². The standard InChI is InChI=1S/C25H34N4O4S/c1-19-7-13-23(20(2)17-19)26-18-25(31)28-27-24(30)14-10-21-8-11-22(12-9-21)34(32,33)29-15-5-3-4-6-16-29/h7-9,11-13,17,26H,3-6,10,14-16,18H2,1-2H3,(H,27,30)(H,28,31). The molecule has 2 aromatic carbocycles. The van der Waals surface area contributed by atoms with Crippen LogP contribution < -0.4 is 16.2 Å². The molecule has 1 aliphatic rings. The molecular formula is C25H34N4O4S. The summed E-state index contributed by atoms with van der Waals surface area (Å²) in [6, 6.07) is 12.6. The molecule has 3 rings (SSSR count). The van der Waals surface area contributed by atoms with Gasteiger partial charge in [0.2, 0.25) is 15.9 Å². The zero-order valence-corrected chi connectivity index (χ0v) is 20.7. The van der Waals surface area contributed by atoms with Gasteiger partial charge < -0.3 is 5.32 Å². The van der Waals surface area contributed by atoms with Crippen molar-refractivity contribution >= 4 is 27.5 Å². The number of nitrogens with zero attached hydrogens (tertiary/aromatic N) is 1. The summed E-state index contributed by atoms with van der Waals surface area (Å²) in [5.74, 6) is -0.669. The SMILES string of the molecule is Cc1ccc(NCC(=O)NNC(=O)CCc2ccc(S(=O)(=O)N3CCCCCC3)cc2)c(C)c1. The lowest BCUT2D eigenvalue weighted by Crippen LogP contribution is -2.44. The molecule has 1 heterocycles. The van der Waals surface area contributed by atoms with E-state index in [1.807, 2.05) is 32.0 Å². The van der Waals surface area contributed by atoms with Crippen molar-refractivity contribution in [2.75, 3.05) is 25.0 Å². The Kier molecular flexibility index (Phi) is 9.06. The van der Waals surface area contributed by atoms with Crippen molar-refractivity contribution in [3.8, 4) is 0 Å². The number of nitrogens with one attached hydrogen (secondary N) is 3. The predicted octanol–water partition coefficient (Wildman–Crippen LogP) is 3.06. The van der Waals surface area contributed by atoms with Gasteiger partial charge in [0.25, 0.3) is 5.91 Å². The monoisotopic (exact) mass is 486 g/mol. The molecule has 1 aliphatic heterocycles. The molecule has 0 radical (unpaired) electrons. The summed E-state index contributed by atoms with van der Waals surface area (Å²) >= 11 is 0. The Morgan fingerprint density at radius 3 is 2.18 bits per heavy atom. The van der Waals surface area contributed by atoms with Crippen LogP contribution in [0.1, 0.15) is 48.8 Å². The van der Waals surface area contributed by atoms with Crippen LogP contribution in [0.3, 0.4) is 0 Å². The fourth-order valence-electron chi connectivity index (χ4n) is 3.95. The van der Waals surface area contributed by atoms with Crippen molar-refractivity contribution in [3.05, 3.63) is 59.2 Å². The van der Waals surface area contributed by atoms with E-state index in [1.165, 1.54) is 0 Å². The van der Waals surface area contributed by atoms with Crippen molar-refractivity contribution in [2.45, 2.75) is 57.3 Å². The Balaban J connectivity index is 1.41. The summed E-state index contributed by atoms with van der Waals surface area (Å²) in [7, 11) is -3.48. The number of benzene rings is 2. The first-order valence-electron chi connectivity index (χ1n) is 11.7. The van der Waals surface area contributed by atoms with Crippen LogP contribution in [0.5, 0.6) is 0 Å². The van der Waals surface area contributed by atoms with E-state index < -0.39 is 10.0 Å². The maximum absolute atomic E-state index is 12.9. The number of hydrazine groups is 1. The third kappa shape index (κ3) is 7.30. The number of aryl methyl sites for hydroxylation is 3. The quantitative estimate of drug-likeness (QED) is 0.497. The smallest absolute Gasteiger partial charge is 0.257 e. The highest BCUT2D eigenvalue weighted by atomic mass is 32.2. The van der Waals surface area contributed by atoms with E-state index in [9.17, 15) is 18.0 Å². The maximum atomic E-state index is 12.9. The molecule has 2 aromatic rings. The summed E-state index contributed by atoms with van der Waals surface area (Å²) < 4.78 is 27.3. The van der Waals surface area contributed by atoms with Crippen molar-refractivity contribution in [2.24, 2.45) is 0 Å². The van der Waals surface area contributed by atoms with Gasteiger partial charge >= 0.3 is 0 Å². The molecule has 1 saturated heterocycles. The highest BCUT2D eigenvalue weighted by Crippen LogP contribution is 2.21. The number of sulfonamides is 1. The number of carbonyl (C=O) groups excluding carboxylic acids is 2. The van der Waals surface area contributed by atoms with E-state index in [2.05, 4.69) is 16.2 Å². The van der Waals surface area contributed by atoms with Gasteiger partial charge in [-0.1, -0.05) is 42.7 Å². The van der Waals surface area contributed by atoms with Crippen molar-refractivity contribution < 1.29 is 18.0 Å². The largest absolute Gasteiger partial charge is 0.376 e. The number of amides is 2. The van der Waals surface area contributed by atoms with Crippen LogP contribution in [0, 0.1) is 13.8 Å². The van der Waals surface area contributed by atoms with E-state index in [4.69, 9.17) is 0 Å². The molecular weight excluding hydrogens is 452 g/mol. The molecule has 0 aliphatic carbocycles. The normalized spacial score (nSPS) is 14.8. The topological polar surface area (TPSA) is 108 Å². The Morgan fingerprint density at radius 1 is 0.882 bits per heavy atom. The Labute approximate surface area is 202 Å². The summed E-state index contributed by atoms with van der Waals surface area (Å²) in [5.41, 5.74) is 8.73. The van der Waals surface area contributed by atoms with Gasteiger partial charge in [-0.3, -0.25) is 20.4 Å². The van der Waals surface area contributed by atoms with Crippen LogP contribution in [0.25, 0.3) is 0 Å². The molecule has 2 amide bonds. The Bertz CT molecular complexity index is 1090. The van der Waals surface area contributed by atoms with Gasteiger partial charge in [-0.2, -0.15) is 4.31 Å². The minimum absolute atomic E-state index is 0.0388. The highest BCUT2D eigenvalue weighted by molar-refractivity contribution is 7.89. The van der Waals surface area contributed by atoms with Crippen LogP contribution in [0.15, 0.2) is 47.4 Å². The summed E-state index contributed by atoms with van der Waals surface area (Å²) in [4.78, 5) is 24.4. The fraction of sp³-hybridized carbons (Fsp3) is 0.440. The number of rotatable bonds is 8. The molecule has 3 N–H and O–H groups in total. The minimum atomic E-state index is -3.48. The molecule has 0 aromatic heterocycles. The summed E-state index contributed by atoms with van der Waals surface area (Å²) in [6.07, 6.45) is 4.53. The number of anilines is 1.